The lowest BCUT2D eigenvalue weighted by Gasteiger charge is -2.10. The van der Waals surface area contributed by atoms with Crippen LogP contribution < -0.4 is 0 Å². The number of rotatable bonds is 5. The Morgan fingerprint density at radius 2 is 2.00 bits per heavy atom. The van der Waals surface area contributed by atoms with Crippen LogP contribution in [-0.4, -0.2) is 22.2 Å². The molecule has 0 bridgehead atoms. The molecule has 0 aliphatic carbocycles. The van der Waals surface area contributed by atoms with Gasteiger partial charge >= 0.3 is 11.9 Å². The van der Waals surface area contributed by atoms with Gasteiger partial charge in [-0.1, -0.05) is 12.1 Å². The van der Waals surface area contributed by atoms with Crippen molar-refractivity contribution in [2.24, 2.45) is 0 Å². The van der Waals surface area contributed by atoms with E-state index in [1.54, 1.807) is 24.3 Å². The minimum atomic E-state index is -1.25. The molecule has 2 aromatic rings. The zero-order valence-electron chi connectivity index (χ0n) is 10.8. The molecule has 0 radical (unpaired) electrons. The smallest absolute Gasteiger partial charge is 0.371 e. The zero-order chi connectivity index (χ0) is 15.4. The predicted molar refractivity (Wildman–Crippen MR) is 70.9 cm³/mol. The Morgan fingerprint density at radius 3 is 2.57 bits per heavy atom. The van der Waals surface area contributed by atoms with Crippen LogP contribution in [0.5, 0.6) is 0 Å². The van der Waals surface area contributed by atoms with Crippen molar-refractivity contribution in [1.29, 1.82) is 5.26 Å². The molecule has 0 saturated carbocycles. The first-order valence-electron chi connectivity index (χ1n) is 6.06. The zero-order valence-corrected chi connectivity index (χ0v) is 10.8. The van der Waals surface area contributed by atoms with Gasteiger partial charge < -0.3 is 14.6 Å². The van der Waals surface area contributed by atoms with Crippen molar-refractivity contribution in [2.45, 2.75) is 12.3 Å². The van der Waals surface area contributed by atoms with E-state index < -0.39 is 17.9 Å². The second kappa shape index (κ2) is 5.92. The lowest BCUT2D eigenvalue weighted by atomic mass is 9.96. The van der Waals surface area contributed by atoms with Gasteiger partial charge in [0.1, 0.15) is 11.7 Å². The molecule has 2 rings (SSSR count). The number of nitriles is 1. The maximum Gasteiger partial charge on any atom is 0.371 e. The average Bonchev–Trinajstić information content (AvgIpc) is 2.94. The van der Waals surface area contributed by atoms with Crippen molar-refractivity contribution in [3.8, 4) is 6.07 Å². The molecule has 1 atom stereocenters. The lowest BCUT2D eigenvalue weighted by Crippen LogP contribution is -2.14. The first kappa shape index (κ1) is 14.3. The number of furan rings is 1. The van der Waals surface area contributed by atoms with E-state index in [1.807, 2.05) is 6.07 Å². The molecule has 1 heterocycles. The monoisotopic (exact) mass is 285 g/mol. The summed E-state index contributed by atoms with van der Waals surface area (Å²) in [6, 6.07) is 11.1. The normalized spacial score (nSPS) is 11.6. The maximum atomic E-state index is 11.4. The van der Waals surface area contributed by atoms with Crippen molar-refractivity contribution in [3.05, 3.63) is 59.0 Å². The van der Waals surface area contributed by atoms with Crippen LogP contribution in [0.3, 0.4) is 0 Å². The summed E-state index contributed by atoms with van der Waals surface area (Å²) in [5.41, 5.74) is 1.09. The molecule has 1 aromatic heterocycles. The van der Waals surface area contributed by atoms with E-state index in [0.29, 0.717) is 11.1 Å². The number of benzene rings is 1. The standard InChI is InChI=1S/C15H11NO5/c16-8-10-3-1-2-9(6-10)7-11(14(17)18)12-4-5-13(21-12)15(19)20/h1-6,11H,7H2,(H,17,18)(H,19,20). The molecule has 0 aliphatic heterocycles. The van der Waals surface area contributed by atoms with Gasteiger partial charge in [-0.2, -0.15) is 5.26 Å². The van der Waals surface area contributed by atoms with Crippen molar-refractivity contribution in [2.75, 3.05) is 0 Å². The Bertz CT molecular complexity index is 726. The largest absolute Gasteiger partial charge is 0.481 e. The van der Waals surface area contributed by atoms with Crippen molar-refractivity contribution >= 4 is 11.9 Å². The summed E-state index contributed by atoms with van der Waals surface area (Å²) in [6.07, 6.45) is 0.109. The van der Waals surface area contributed by atoms with Crippen LogP contribution in [0, 0.1) is 11.3 Å². The number of aromatic carboxylic acids is 1. The van der Waals surface area contributed by atoms with E-state index in [-0.39, 0.29) is 17.9 Å². The van der Waals surface area contributed by atoms with Crippen LogP contribution in [0.1, 0.15) is 33.4 Å². The molecule has 106 valence electrons. The number of nitrogens with zero attached hydrogens (tertiary/aromatic N) is 1. The van der Waals surface area contributed by atoms with Gasteiger partial charge in [0.05, 0.1) is 11.6 Å². The second-order valence-corrected chi connectivity index (χ2v) is 4.41. The SMILES string of the molecule is N#Cc1cccc(CC(C(=O)O)c2ccc(C(=O)O)o2)c1. The van der Waals surface area contributed by atoms with Gasteiger partial charge in [0, 0.05) is 0 Å². The van der Waals surface area contributed by atoms with Crippen LogP contribution >= 0.6 is 0 Å². The fourth-order valence-corrected chi connectivity index (χ4v) is 1.97. The topological polar surface area (TPSA) is 112 Å². The van der Waals surface area contributed by atoms with Crippen molar-refractivity contribution in [1.82, 2.24) is 0 Å². The van der Waals surface area contributed by atoms with Gasteiger partial charge in [0.2, 0.25) is 5.76 Å². The molecule has 0 aliphatic rings. The lowest BCUT2D eigenvalue weighted by molar-refractivity contribution is -0.139. The maximum absolute atomic E-state index is 11.4. The third-order valence-corrected chi connectivity index (χ3v) is 2.98. The fourth-order valence-electron chi connectivity index (χ4n) is 1.97. The van der Waals surface area contributed by atoms with Gasteiger partial charge in [-0.15, -0.1) is 0 Å². The summed E-state index contributed by atoms with van der Waals surface area (Å²) in [7, 11) is 0. The number of carboxylic acids is 2. The molecule has 6 nitrogen and oxygen atoms in total. The number of carbonyl (C=O) groups is 2. The first-order valence-corrected chi connectivity index (χ1v) is 6.06. The summed E-state index contributed by atoms with van der Waals surface area (Å²) in [4.78, 5) is 22.1. The van der Waals surface area contributed by atoms with Gasteiger partial charge in [-0.05, 0) is 36.2 Å². The summed E-state index contributed by atoms with van der Waals surface area (Å²) < 4.78 is 5.05. The predicted octanol–water partition coefficient (Wildman–Crippen LogP) is 2.26. The quantitative estimate of drug-likeness (QED) is 0.871. The highest BCUT2D eigenvalue weighted by molar-refractivity contribution is 5.84. The number of hydrogen-bond donors (Lipinski definition) is 2. The van der Waals surface area contributed by atoms with Gasteiger partial charge in [0.25, 0.3) is 0 Å². The average molecular weight is 285 g/mol. The van der Waals surface area contributed by atoms with E-state index in [9.17, 15) is 14.7 Å². The second-order valence-electron chi connectivity index (χ2n) is 4.41. The minimum Gasteiger partial charge on any atom is -0.481 e. The molecule has 1 unspecified atom stereocenters. The number of aliphatic carboxylic acids is 1. The molecule has 0 spiro atoms. The Morgan fingerprint density at radius 1 is 1.24 bits per heavy atom. The molecular weight excluding hydrogens is 274 g/mol. The van der Waals surface area contributed by atoms with Crippen LogP contribution in [0.15, 0.2) is 40.8 Å². The highest BCUT2D eigenvalue weighted by Gasteiger charge is 2.25. The third-order valence-electron chi connectivity index (χ3n) is 2.98. The van der Waals surface area contributed by atoms with Crippen LogP contribution in [0.2, 0.25) is 0 Å². The van der Waals surface area contributed by atoms with E-state index in [0.717, 1.165) is 0 Å². The van der Waals surface area contributed by atoms with Crippen LogP contribution in [-0.2, 0) is 11.2 Å². The number of carboxylic acid groups (broad SMARTS) is 2. The summed E-state index contributed by atoms with van der Waals surface area (Å²) in [5, 5.41) is 26.9. The van der Waals surface area contributed by atoms with Crippen LogP contribution in [0.25, 0.3) is 0 Å². The first-order chi connectivity index (χ1) is 10.0. The molecule has 6 heteroatoms. The van der Waals surface area contributed by atoms with E-state index in [4.69, 9.17) is 14.8 Å². The van der Waals surface area contributed by atoms with Crippen molar-refractivity contribution in [3.63, 3.8) is 0 Å². The van der Waals surface area contributed by atoms with E-state index in [2.05, 4.69) is 0 Å². The highest BCUT2D eigenvalue weighted by Crippen LogP contribution is 2.24. The van der Waals surface area contributed by atoms with Gasteiger partial charge in [-0.25, -0.2) is 4.79 Å². The van der Waals surface area contributed by atoms with E-state index >= 15 is 0 Å². The van der Waals surface area contributed by atoms with Gasteiger partial charge in [-0.3, -0.25) is 4.79 Å². The van der Waals surface area contributed by atoms with Crippen molar-refractivity contribution < 1.29 is 24.2 Å². The summed E-state index contributed by atoms with van der Waals surface area (Å²) in [5.74, 6) is -3.61. The Balaban J connectivity index is 2.28. The molecule has 0 saturated heterocycles. The Hall–Kier alpha value is -3.07. The Labute approximate surface area is 119 Å². The minimum absolute atomic E-state index is 0.0715. The highest BCUT2D eigenvalue weighted by atomic mass is 16.4. The molecule has 21 heavy (non-hydrogen) atoms. The molecule has 1 aromatic carbocycles. The third kappa shape index (κ3) is 3.28. The van der Waals surface area contributed by atoms with E-state index in [1.165, 1.54) is 12.1 Å². The summed E-state index contributed by atoms with van der Waals surface area (Å²) >= 11 is 0. The molecule has 0 fully saturated rings. The molecule has 0 amide bonds. The van der Waals surface area contributed by atoms with Gasteiger partial charge in [0.15, 0.2) is 0 Å². The Kier molecular flexibility index (Phi) is 4.05. The fraction of sp³-hybridized carbons (Fsp3) is 0.133. The van der Waals surface area contributed by atoms with Crippen LogP contribution in [0.4, 0.5) is 0 Å². The number of hydrogen-bond acceptors (Lipinski definition) is 4. The summed E-state index contributed by atoms with van der Waals surface area (Å²) in [6.45, 7) is 0. The molecular formula is C15H11NO5. The molecule has 2 N–H and O–H groups in total.